The summed E-state index contributed by atoms with van der Waals surface area (Å²) in [6, 6.07) is 10.6. The van der Waals surface area contributed by atoms with E-state index in [1.54, 1.807) is 12.1 Å². The number of benzene rings is 2. The van der Waals surface area contributed by atoms with Crippen molar-refractivity contribution in [2.24, 2.45) is 0 Å². The minimum atomic E-state index is -0.441. The average molecular weight is 299 g/mol. The van der Waals surface area contributed by atoms with Crippen LogP contribution in [0, 0.1) is 12.7 Å². The molecule has 0 atom stereocenters. The Balaban J connectivity index is 2.17. The van der Waals surface area contributed by atoms with Crippen LogP contribution in [0.5, 0.6) is 5.75 Å². The summed E-state index contributed by atoms with van der Waals surface area (Å²) in [5.74, 6) is 0.582. The topological polar surface area (TPSA) is 9.23 Å². The van der Waals surface area contributed by atoms with Crippen LogP contribution in [-0.4, -0.2) is 0 Å². The molecule has 0 aliphatic carbocycles. The van der Waals surface area contributed by atoms with Crippen molar-refractivity contribution < 1.29 is 9.13 Å². The van der Waals surface area contributed by atoms with Crippen molar-refractivity contribution in [3.63, 3.8) is 0 Å². The first-order valence-corrected chi connectivity index (χ1v) is 6.74. The second-order valence-electron chi connectivity index (χ2n) is 4.25. The summed E-state index contributed by atoms with van der Waals surface area (Å²) < 4.78 is 19.3. The Labute approximate surface area is 121 Å². The lowest BCUT2D eigenvalue weighted by Gasteiger charge is -2.11. The lowest BCUT2D eigenvalue weighted by molar-refractivity contribution is 0.297. The molecular formula is C15H13Cl2FO. The quantitative estimate of drug-likeness (QED) is 0.713. The summed E-state index contributed by atoms with van der Waals surface area (Å²) in [6.07, 6.45) is 0. The van der Waals surface area contributed by atoms with Gasteiger partial charge in [0.05, 0.1) is 10.9 Å². The molecule has 0 spiro atoms. The van der Waals surface area contributed by atoms with Crippen LogP contribution in [0.25, 0.3) is 0 Å². The molecule has 0 aliphatic heterocycles. The Morgan fingerprint density at radius 3 is 2.68 bits per heavy atom. The lowest BCUT2D eigenvalue weighted by Crippen LogP contribution is -2.01. The number of ether oxygens (including phenoxy) is 1. The Kier molecular flexibility index (Phi) is 4.67. The van der Waals surface area contributed by atoms with Gasteiger partial charge in [-0.3, -0.25) is 0 Å². The molecule has 0 fully saturated rings. The molecule has 0 unspecified atom stereocenters. The number of halogens is 3. The molecule has 100 valence electrons. The largest absolute Gasteiger partial charge is 0.488 e. The molecule has 0 heterocycles. The summed E-state index contributed by atoms with van der Waals surface area (Å²) in [5.41, 5.74) is 2.43. The number of aryl methyl sites for hydroxylation is 1. The molecule has 0 aliphatic rings. The van der Waals surface area contributed by atoms with Gasteiger partial charge >= 0.3 is 0 Å². The molecular weight excluding hydrogens is 286 g/mol. The number of hydrogen-bond donors (Lipinski definition) is 0. The van der Waals surface area contributed by atoms with Gasteiger partial charge < -0.3 is 4.74 Å². The van der Waals surface area contributed by atoms with Gasteiger partial charge in [0.1, 0.15) is 18.2 Å². The predicted octanol–water partition coefficient (Wildman–Crippen LogP) is 5.11. The van der Waals surface area contributed by atoms with Gasteiger partial charge in [0.25, 0.3) is 0 Å². The van der Waals surface area contributed by atoms with E-state index in [1.165, 1.54) is 6.07 Å². The minimum absolute atomic E-state index is 0.0996. The van der Waals surface area contributed by atoms with Gasteiger partial charge in [-0.25, -0.2) is 4.39 Å². The molecule has 0 saturated carbocycles. The second kappa shape index (κ2) is 6.27. The monoisotopic (exact) mass is 298 g/mol. The van der Waals surface area contributed by atoms with Crippen molar-refractivity contribution in [2.45, 2.75) is 19.4 Å². The normalized spacial score (nSPS) is 10.5. The van der Waals surface area contributed by atoms with E-state index >= 15 is 0 Å². The number of rotatable bonds is 4. The zero-order valence-electron chi connectivity index (χ0n) is 10.4. The molecule has 2 aromatic rings. The molecule has 2 aromatic carbocycles. The van der Waals surface area contributed by atoms with Crippen LogP contribution >= 0.6 is 23.2 Å². The fourth-order valence-electron chi connectivity index (χ4n) is 1.77. The van der Waals surface area contributed by atoms with E-state index < -0.39 is 5.82 Å². The molecule has 2 rings (SSSR count). The van der Waals surface area contributed by atoms with Crippen LogP contribution in [0.3, 0.4) is 0 Å². The Morgan fingerprint density at radius 2 is 1.95 bits per heavy atom. The number of alkyl halides is 1. The molecule has 0 aromatic heterocycles. The van der Waals surface area contributed by atoms with Crippen molar-refractivity contribution in [1.29, 1.82) is 0 Å². The van der Waals surface area contributed by atoms with Crippen LogP contribution in [0.1, 0.15) is 16.7 Å². The van der Waals surface area contributed by atoms with Gasteiger partial charge in [-0.2, -0.15) is 0 Å². The van der Waals surface area contributed by atoms with Crippen molar-refractivity contribution in [3.8, 4) is 5.75 Å². The fraction of sp³-hybridized carbons (Fsp3) is 0.200. The lowest BCUT2D eigenvalue weighted by atomic mass is 10.1. The molecule has 0 saturated heterocycles. The van der Waals surface area contributed by atoms with Crippen molar-refractivity contribution in [3.05, 3.63) is 63.9 Å². The Morgan fingerprint density at radius 1 is 1.16 bits per heavy atom. The average Bonchev–Trinajstić information content (AvgIpc) is 2.41. The van der Waals surface area contributed by atoms with E-state index in [1.807, 2.05) is 25.1 Å². The van der Waals surface area contributed by atoms with Crippen LogP contribution in [-0.2, 0) is 12.5 Å². The van der Waals surface area contributed by atoms with E-state index in [0.717, 1.165) is 11.1 Å². The fourth-order valence-corrected chi connectivity index (χ4v) is 2.17. The molecule has 0 bridgehead atoms. The summed E-state index contributed by atoms with van der Waals surface area (Å²) in [5, 5.41) is 0.0996. The standard InChI is InChI=1S/C15H13Cl2FO/c1-10-5-6-14(12(7-10)8-16)19-9-11-3-2-4-13(17)15(11)18/h2-7H,8-9H2,1H3. The molecule has 0 amide bonds. The predicted molar refractivity (Wildman–Crippen MR) is 76.5 cm³/mol. The van der Waals surface area contributed by atoms with Crippen molar-refractivity contribution >= 4 is 23.2 Å². The highest BCUT2D eigenvalue weighted by molar-refractivity contribution is 6.30. The summed E-state index contributed by atoms with van der Waals surface area (Å²) in [6.45, 7) is 2.11. The van der Waals surface area contributed by atoms with Gasteiger partial charge in [-0.1, -0.05) is 41.4 Å². The maximum absolute atomic E-state index is 13.7. The highest BCUT2D eigenvalue weighted by Gasteiger charge is 2.08. The van der Waals surface area contributed by atoms with Gasteiger partial charge in [-0.15, -0.1) is 11.6 Å². The summed E-state index contributed by atoms with van der Waals surface area (Å²) >= 11 is 11.6. The smallest absolute Gasteiger partial charge is 0.148 e. The van der Waals surface area contributed by atoms with E-state index in [4.69, 9.17) is 27.9 Å². The summed E-state index contributed by atoms with van der Waals surface area (Å²) in [4.78, 5) is 0. The van der Waals surface area contributed by atoms with Crippen LogP contribution in [0.15, 0.2) is 36.4 Å². The molecule has 1 nitrogen and oxygen atoms in total. The van der Waals surface area contributed by atoms with E-state index in [9.17, 15) is 4.39 Å². The number of hydrogen-bond acceptors (Lipinski definition) is 1. The molecule has 19 heavy (non-hydrogen) atoms. The maximum atomic E-state index is 13.7. The first kappa shape index (κ1) is 14.2. The highest BCUT2D eigenvalue weighted by Crippen LogP contribution is 2.24. The third kappa shape index (κ3) is 3.40. The van der Waals surface area contributed by atoms with Crippen LogP contribution < -0.4 is 4.74 Å². The van der Waals surface area contributed by atoms with Crippen LogP contribution in [0.2, 0.25) is 5.02 Å². The molecule has 4 heteroatoms. The van der Waals surface area contributed by atoms with Gasteiger partial charge in [0.2, 0.25) is 0 Å². The van der Waals surface area contributed by atoms with Crippen molar-refractivity contribution in [2.75, 3.05) is 0 Å². The zero-order chi connectivity index (χ0) is 13.8. The maximum Gasteiger partial charge on any atom is 0.148 e. The minimum Gasteiger partial charge on any atom is -0.488 e. The SMILES string of the molecule is Cc1ccc(OCc2cccc(Cl)c2F)c(CCl)c1. The Hall–Kier alpha value is -1.25. The first-order valence-electron chi connectivity index (χ1n) is 5.83. The van der Waals surface area contributed by atoms with Crippen molar-refractivity contribution in [1.82, 2.24) is 0 Å². The second-order valence-corrected chi connectivity index (χ2v) is 4.92. The molecule has 0 N–H and O–H groups in total. The Bertz CT molecular complexity index is 584. The van der Waals surface area contributed by atoms with Gasteiger partial charge in [0, 0.05) is 11.1 Å². The van der Waals surface area contributed by atoms with Gasteiger partial charge in [0.15, 0.2) is 0 Å². The van der Waals surface area contributed by atoms with E-state index in [2.05, 4.69) is 0 Å². The van der Waals surface area contributed by atoms with Gasteiger partial charge in [-0.05, 0) is 19.1 Å². The third-order valence-electron chi connectivity index (χ3n) is 2.77. The highest BCUT2D eigenvalue weighted by atomic mass is 35.5. The van der Waals surface area contributed by atoms with E-state index in [0.29, 0.717) is 17.2 Å². The third-order valence-corrected chi connectivity index (χ3v) is 3.35. The summed E-state index contributed by atoms with van der Waals surface area (Å²) in [7, 11) is 0. The zero-order valence-corrected chi connectivity index (χ0v) is 11.9. The molecule has 0 radical (unpaired) electrons. The van der Waals surface area contributed by atoms with E-state index in [-0.39, 0.29) is 11.6 Å². The van der Waals surface area contributed by atoms with Crippen LogP contribution in [0.4, 0.5) is 4.39 Å². The first-order chi connectivity index (χ1) is 9.11.